The summed E-state index contributed by atoms with van der Waals surface area (Å²) in [7, 11) is 0. The van der Waals surface area contributed by atoms with Gasteiger partial charge in [0.15, 0.2) is 0 Å². The maximum absolute atomic E-state index is 12.2. The van der Waals surface area contributed by atoms with Gasteiger partial charge in [-0.05, 0) is 37.3 Å². The Kier molecular flexibility index (Phi) is 4.32. The molecule has 1 aromatic rings. The second-order valence-electron chi connectivity index (χ2n) is 5.82. The van der Waals surface area contributed by atoms with E-state index in [1.165, 1.54) is 23.3 Å². The highest BCUT2D eigenvalue weighted by Crippen LogP contribution is 2.29. The zero-order valence-electron chi connectivity index (χ0n) is 11.9. The van der Waals surface area contributed by atoms with E-state index in [0.717, 1.165) is 17.7 Å². The van der Waals surface area contributed by atoms with Crippen molar-refractivity contribution in [3.63, 3.8) is 0 Å². The van der Waals surface area contributed by atoms with Gasteiger partial charge in [0.25, 0.3) is 5.91 Å². The van der Waals surface area contributed by atoms with E-state index < -0.39 is 5.41 Å². The van der Waals surface area contributed by atoms with Gasteiger partial charge in [0, 0.05) is 16.8 Å². The van der Waals surface area contributed by atoms with E-state index in [0.29, 0.717) is 6.54 Å². The molecule has 0 radical (unpaired) electrons. The maximum Gasteiger partial charge on any atom is 0.261 e. The van der Waals surface area contributed by atoms with Gasteiger partial charge in [-0.2, -0.15) is 0 Å². The SMILES string of the molecule is CC(C)(CNC(=O)c1cc2c(s1)CCCC2)C(N)=NO. The summed E-state index contributed by atoms with van der Waals surface area (Å²) >= 11 is 1.59. The van der Waals surface area contributed by atoms with E-state index in [9.17, 15) is 4.79 Å². The molecule has 110 valence electrons. The Morgan fingerprint density at radius 2 is 2.20 bits per heavy atom. The summed E-state index contributed by atoms with van der Waals surface area (Å²) in [6, 6.07) is 2.00. The van der Waals surface area contributed by atoms with E-state index in [-0.39, 0.29) is 11.7 Å². The first-order valence-electron chi connectivity index (χ1n) is 6.82. The number of fused-ring (bicyclic) bond motifs is 1. The molecule has 5 nitrogen and oxygen atoms in total. The average molecular weight is 295 g/mol. The van der Waals surface area contributed by atoms with Crippen molar-refractivity contribution < 1.29 is 10.0 Å². The highest BCUT2D eigenvalue weighted by atomic mass is 32.1. The number of thiophene rings is 1. The molecule has 1 aromatic heterocycles. The monoisotopic (exact) mass is 295 g/mol. The molecule has 6 heteroatoms. The van der Waals surface area contributed by atoms with E-state index in [1.54, 1.807) is 11.3 Å². The summed E-state index contributed by atoms with van der Waals surface area (Å²) in [5.41, 5.74) is 6.36. The Morgan fingerprint density at radius 1 is 1.50 bits per heavy atom. The average Bonchev–Trinajstić information content (AvgIpc) is 2.87. The van der Waals surface area contributed by atoms with Crippen molar-refractivity contribution in [2.24, 2.45) is 16.3 Å². The van der Waals surface area contributed by atoms with Gasteiger partial charge in [-0.3, -0.25) is 4.79 Å². The molecule has 1 heterocycles. The van der Waals surface area contributed by atoms with E-state index in [2.05, 4.69) is 10.5 Å². The number of amidine groups is 1. The lowest BCUT2D eigenvalue weighted by atomic mass is 9.92. The van der Waals surface area contributed by atoms with Crippen molar-refractivity contribution in [2.75, 3.05) is 6.54 Å². The molecule has 4 N–H and O–H groups in total. The Morgan fingerprint density at radius 3 is 2.85 bits per heavy atom. The first-order valence-corrected chi connectivity index (χ1v) is 7.63. The van der Waals surface area contributed by atoms with Crippen molar-refractivity contribution in [3.05, 3.63) is 21.4 Å². The highest BCUT2D eigenvalue weighted by molar-refractivity contribution is 7.14. The number of carbonyl (C=O) groups excluding carboxylic acids is 1. The van der Waals surface area contributed by atoms with Crippen LogP contribution in [-0.4, -0.2) is 23.5 Å². The van der Waals surface area contributed by atoms with Crippen LogP contribution in [-0.2, 0) is 12.8 Å². The molecule has 0 saturated heterocycles. The lowest BCUT2D eigenvalue weighted by Gasteiger charge is -2.22. The minimum absolute atomic E-state index is 0.0804. The molecule has 1 aliphatic rings. The predicted octanol–water partition coefficient (Wildman–Crippen LogP) is 2.13. The van der Waals surface area contributed by atoms with Crippen LogP contribution in [0, 0.1) is 5.41 Å². The van der Waals surface area contributed by atoms with Crippen molar-refractivity contribution >= 4 is 23.1 Å². The largest absolute Gasteiger partial charge is 0.409 e. The van der Waals surface area contributed by atoms with Gasteiger partial charge in [0.05, 0.1) is 4.88 Å². The Bertz CT molecular complexity index is 511. The van der Waals surface area contributed by atoms with Crippen LogP contribution in [0.1, 0.15) is 46.8 Å². The first-order chi connectivity index (χ1) is 9.44. The summed E-state index contributed by atoms with van der Waals surface area (Å²) < 4.78 is 0. The topological polar surface area (TPSA) is 87.7 Å². The van der Waals surface area contributed by atoms with Crippen molar-refractivity contribution in [3.8, 4) is 0 Å². The Hall–Kier alpha value is -1.56. The summed E-state index contributed by atoms with van der Waals surface area (Å²) in [4.78, 5) is 14.3. The van der Waals surface area contributed by atoms with Crippen LogP contribution in [0.5, 0.6) is 0 Å². The number of hydrogen-bond acceptors (Lipinski definition) is 4. The molecule has 0 aromatic carbocycles. The number of nitrogens with zero attached hydrogens (tertiary/aromatic N) is 1. The van der Waals surface area contributed by atoms with Gasteiger partial charge in [-0.1, -0.05) is 19.0 Å². The minimum Gasteiger partial charge on any atom is -0.409 e. The molecular formula is C14H21N3O2S. The van der Waals surface area contributed by atoms with Gasteiger partial charge in [0.1, 0.15) is 5.84 Å². The van der Waals surface area contributed by atoms with Crippen LogP contribution in [0.15, 0.2) is 11.2 Å². The lowest BCUT2D eigenvalue weighted by Crippen LogP contribution is -2.42. The normalized spacial score (nSPS) is 15.8. The van der Waals surface area contributed by atoms with Gasteiger partial charge >= 0.3 is 0 Å². The van der Waals surface area contributed by atoms with Crippen LogP contribution in [0.2, 0.25) is 0 Å². The smallest absolute Gasteiger partial charge is 0.261 e. The molecule has 0 unspecified atom stereocenters. The van der Waals surface area contributed by atoms with Gasteiger partial charge < -0.3 is 16.3 Å². The number of aryl methyl sites for hydroxylation is 2. The van der Waals surface area contributed by atoms with E-state index in [1.807, 2.05) is 19.9 Å². The number of oxime groups is 1. The standard InChI is InChI=1S/C14H21N3O2S/c1-14(2,13(15)17-19)8-16-12(18)11-7-9-5-3-4-6-10(9)20-11/h7,19H,3-6,8H2,1-2H3,(H2,15,17)(H,16,18). The fourth-order valence-corrected chi connectivity index (χ4v) is 3.39. The van der Waals surface area contributed by atoms with Crippen molar-refractivity contribution in [1.82, 2.24) is 5.32 Å². The fourth-order valence-electron chi connectivity index (χ4n) is 2.22. The third kappa shape index (κ3) is 3.12. The molecule has 20 heavy (non-hydrogen) atoms. The number of nitrogens with two attached hydrogens (primary N) is 1. The second-order valence-corrected chi connectivity index (χ2v) is 6.95. The molecule has 2 rings (SSSR count). The third-order valence-electron chi connectivity index (χ3n) is 3.71. The summed E-state index contributed by atoms with van der Waals surface area (Å²) in [5, 5.41) is 14.6. The van der Waals surface area contributed by atoms with Crippen LogP contribution < -0.4 is 11.1 Å². The van der Waals surface area contributed by atoms with Gasteiger partial charge in [0.2, 0.25) is 0 Å². The quantitative estimate of drug-likeness (QED) is 0.344. The van der Waals surface area contributed by atoms with Crippen LogP contribution in [0.3, 0.4) is 0 Å². The lowest BCUT2D eigenvalue weighted by molar-refractivity contribution is 0.0948. The number of hydrogen-bond donors (Lipinski definition) is 3. The number of amides is 1. The summed E-state index contributed by atoms with van der Waals surface area (Å²) in [5.74, 6) is 0.0338. The van der Waals surface area contributed by atoms with Crippen LogP contribution >= 0.6 is 11.3 Å². The summed E-state index contributed by atoms with van der Waals surface area (Å²) in [6.45, 7) is 3.98. The molecule has 0 saturated carbocycles. The zero-order chi connectivity index (χ0) is 14.8. The molecule has 0 spiro atoms. The third-order valence-corrected chi connectivity index (χ3v) is 4.95. The van der Waals surface area contributed by atoms with Crippen molar-refractivity contribution in [1.29, 1.82) is 0 Å². The first kappa shape index (κ1) is 14.8. The number of rotatable bonds is 4. The van der Waals surface area contributed by atoms with Gasteiger partial charge in [-0.15, -0.1) is 11.3 Å². The minimum atomic E-state index is -0.568. The summed E-state index contributed by atoms with van der Waals surface area (Å²) in [6.07, 6.45) is 4.59. The molecule has 1 amide bonds. The highest BCUT2D eigenvalue weighted by Gasteiger charge is 2.25. The molecule has 1 aliphatic carbocycles. The van der Waals surface area contributed by atoms with Gasteiger partial charge in [-0.25, -0.2) is 0 Å². The maximum atomic E-state index is 12.2. The number of carbonyl (C=O) groups is 1. The van der Waals surface area contributed by atoms with Crippen LogP contribution in [0.4, 0.5) is 0 Å². The fraction of sp³-hybridized carbons (Fsp3) is 0.571. The Balaban J connectivity index is 2.00. The molecule has 0 aliphatic heterocycles. The van der Waals surface area contributed by atoms with E-state index in [4.69, 9.17) is 10.9 Å². The molecule has 0 atom stereocenters. The number of nitrogens with one attached hydrogen (secondary N) is 1. The molecule has 0 fully saturated rings. The zero-order valence-corrected chi connectivity index (χ0v) is 12.7. The van der Waals surface area contributed by atoms with Crippen LogP contribution in [0.25, 0.3) is 0 Å². The van der Waals surface area contributed by atoms with Crippen molar-refractivity contribution in [2.45, 2.75) is 39.5 Å². The molecule has 0 bridgehead atoms. The molecular weight excluding hydrogens is 274 g/mol. The predicted molar refractivity (Wildman–Crippen MR) is 80.5 cm³/mol. The van der Waals surface area contributed by atoms with E-state index >= 15 is 0 Å². The second kappa shape index (κ2) is 5.83. The Labute approximate surface area is 122 Å².